The van der Waals surface area contributed by atoms with Crippen molar-refractivity contribution in [3.63, 3.8) is 0 Å². The van der Waals surface area contributed by atoms with Crippen LogP contribution in [0.3, 0.4) is 0 Å². The fourth-order valence-electron chi connectivity index (χ4n) is 3.36. The van der Waals surface area contributed by atoms with Gasteiger partial charge in [0.25, 0.3) is 0 Å². The Labute approximate surface area is 159 Å². The molecular weight excluding hydrogens is 394 g/mol. The SMILES string of the molecule is C=C(C)C(=O)OC1(C(OC(=O)CCCCC)(C(F)(F)F)C(F)(F)F)CCCC1. The van der Waals surface area contributed by atoms with Crippen molar-refractivity contribution in [2.45, 2.75) is 88.8 Å². The molecule has 1 rings (SSSR count). The molecule has 0 aromatic rings. The molecule has 0 unspecified atom stereocenters. The van der Waals surface area contributed by atoms with Gasteiger partial charge in [0, 0.05) is 12.0 Å². The summed E-state index contributed by atoms with van der Waals surface area (Å²) in [6.45, 7) is 6.06. The van der Waals surface area contributed by atoms with Crippen LogP contribution in [0.4, 0.5) is 26.3 Å². The fourth-order valence-corrected chi connectivity index (χ4v) is 3.36. The van der Waals surface area contributed by atoms with Gasteiger partial charge in [-0.1, -0.05) is 26.3 Å². The van der Waals surface area contributed by atoms with Crippen molar-refractivity contribution < 1.29 is 45.4 Å². The zero-order valence-electron chi connectivity index (χ0n) is 15.8. The summed E-state index contributed by atoms with van der Waals surface area (Å²) < 4.78 is 92.7. The van der Waals surface area contributed by atoms with E-state index in [1.165, 1.54) is 0 Å². The molecule has 0 spiro atoms. The van der Waals surface area contributed by atoms with Gasteiger partial charge in [-0.25, -0.2) is 4.79 Å². The lowest BCUT2D eigenvalue weighted by atomic mass is 9.78. The van der Waals surface area contributed by atoms with Crippen molar-refractivity contribution in [3.8, 4) is 0 Å². The molecule has 1 aliphatic carbocycles. The van der Waals surface area contributed by atoms with Crippen LogP contribution in [0.2, 0.25) is 0 Å². The minimum atomic E-state index is -6.05. The first kappa shape index (κ1) is 24.3. The Morgan fingerprint density at radius 1 is 1.00 bits per heavy atom. The third-order valence-corrected chi connectivity index (χ3v) is 4.74. The highest BCUT2D eigenvalue weighted by Crippen LogP contribution is 2.58. The molecule has 10 heteroatoms. The Bertz CT molecular complexity index is 574. The van der Waals surface area contributed by atoms with E-state index < -0.39 is 54.8 Å². The summed E-state index contributed by atoms with van der Waals surface area (Å²) in [5.74, 6) is -3.04. The van der Waals surface area contributed by atoms with Gasteiger partial charge in [-0.15, -0.1) is 0 Å². The smallest absolute Gasteiger partial charge is 0.441 e. The number of ether oxygens (including phenoxy) is 2. The summed E-state index contributed by atoms with van der Waals surface area (Å²) in [6.07, 6.45) is -13.2. The van der Waals surface area contributed by atoms with E-state index in [0.717, 1.165) is 6.92 Å². The van der Waals surface area contributed by atoms with Crippen LogP contribution in [0.25, 0.3) is 0 Å². The van der Waals surface area contributed by atoms with E-state index in [9.17, 15) is 35.9 Å². The van der Waals surface area contributed by atoms with Gasteiger partial charge in [-0.2, -0.15) is 26.3 Å². The van der Waals surface area contributed by atoms with Crippen LogP contribution in [0.5, 0.6) is 0 Å². The highest BCUT2D eigenvalue weighted by atomic mass is 19.4. The Hall–Kier alpha value is -1.74. The molecule has 28 heavy (non-hydrogen) atoms. The van der Waals surface area contributed by atoms with Gasteiger partial charge in [-0.3, -0.25) is 4.79 Å². The topological polar surface area (TPSA) is 52.6 Å². The van der Waals surface area contributed by atoms with Crippen LogP contribution in [0.15, 0.2) is 12.2 Å². The highest BCUT2D eigenvalue weighted by Gasteiger charge is 2.84. The number of rotatable bonds is 8. The Morgan fingerprint density at radius 3 is 1.89 bits per heavy atom. The van der Waals surface area contributed by atoms with Crippen molar-refractivity contribution in [2.24, 2.45) is 0 Å². The Balaban J connectivity index is 3.51. The van der Waals surface area contributed by atoms with E-state index in [2.05, 4.69) is 11.3 Å². The van der Waals surface area contributed by atoms with E-state index in [-0.39, 0.29) is 24.8 Å². The number of hydrogen-bond acceptors (Lipinski definition) is 4. The van der Waals surface area contributed by atoms with Crippen LogP contribution in [0, 0.1) is 0 Å². The third kappa shape index (κ3) is 4.63. The molecule has 4 nitrogen and oxygen atoms in total. The molecular formula is C18H24F6O4. The molecule has 0 atom stereocenters. The van der Waals surface area contributed by atoms with E-state index in [4.69, 9.17) is 4.74 Å². The average molecular weight is 418 g/mol. The number of alkyl halides is 6. The van der Waals surface area contributed by atoms with Gasteiger partial charge in [0.2, 0.25) is 0 Å². The average Bonchev–Trinajstić information content (AvgIpc) is 2.99. The summed E-state index contributed by atoms with van der Waals surface area (Å²) in [6, 6.07) is 0. The number of hydrogen-bond donors (Lipinski definition) is 0. The first-order valence-corrected chi connectivity index (χ1v) is 8.98. The van der Waals surface area contributed by atoms with Crippen molar-refractivity contribution >= 4 is 11.9 Å². The predicted molar refractivity (Wildman–Crippen MR) is 87.2 cm³/mol. The minimum absolute atomic E-state index is 0.0508. The Morgan fingerprint density at radius 2 is 1.50 bits per heavy atom. The number of unbranched alkanes of at least 4 members (excludes halogenated alkanes) is 2. The highest BCUT2D eigenvalue weighted by molar-refractivity contribution is 5.87. The summed E-state index contributed by atoms with van der Waals surface area (Å²) in [4.78, 5) is 23.9. The van der Waals surface area contributed by atoms with E-state index in [0.29, 0.717) is 12.8 Å². The molecule has 162 valence electrons. The van der Waals surface area contributed by atoms with Crippen molar-refractivity contribution in [1.29, 1.82) is 0 Å². The van der Waals surface area contributed by atoms with Gasteiger partial charge in [0.15, 0.2) is 5.60 Å². The molecule has 0 N–H and O–H groups in total. The maximum atomic E-state index is 14.0. The molecule has 0 radical (unpaired) electrons. The third-order valence-electron chi connectivity index (χ3n) is 4.74. The molecule has 0 heterocycles. The number of halogens is 6. The largest absolute Gasteiger partial charge is 0.451 e. The van der Waals surface area contributed by atoms with Crippen LogP contribution < -0.4 is 0 Å². The summed E-state index contributed by atoms with van der Waals surface area (Å²) in [7, 11) is 0. The second kappa shape index (κ2) is 8.73. The molecule has 1 fully saturated rings. The van der Waals surface area contributed by atoms with Gasteiger partial charge >= 0.3 is 29.9 Å². The maximum Gasteiger partial charge on any atom is 0.441 e. The van der Waals surface area contributed by atoms with Crippen molar-refractivity contribution in [1.82, 2.24) is 0 Å². The Kier molecular flexibility index (Phi) is 7.58. The normalized spacial score (nSPS) is 17.3. The second-order valence-electron chi connectivity index (χ2n) is 6.98. The molecule has 0 amide bonds. The first-order valence-electron chi connectivity index (χ1n) is 8.98. The number of esters is 2. The second-order valence-corrected chi connectivity index (χ2v) is 6.98. The van der Waals surface area contributed by atoms with Crippen LogP contribution in [-0.4, -0.2) is 35.5 Å². The molecule has 0 aliphatic heterocycles. The molecule has 0 aromatic carbocycles. The molecule has 1 saturated carbocycles. The van der Waals surface area contributed by atoms with Crippen LogP contribution >= 0.6 is 0 Å². The zero-order valence-corrected chi connectivity index (χ0v) is 15.8. The predicted octanol–water partition coefficient (Wildman–Crippen LogP) is 5.41. The number of carbonyl (C=O) groups is 2. The standard InChI is InChI=1S/C18H24F6O4/c1-4-5-6-9-13(25)27-16(17(19,20)21,18(22,23)24)15(10-7-8-11-15)28-14(26)12(2)3/h2,4-11H2,1,3H3. The minimum Gasteiger partial charge on any atom is -0.451 e. The number of carbonyl (C=O) groups excluding carboxylic acids is 2. The quantitative estimate of drug-likeness (QED) is 0.229. The molecule has 0 bridgehead atoms. The van der Waals surface area contributed by atoms with Gasteiger partial charge in [0.05, 0.1) is 0 Å². The first-order chi connectivity index (χ1) is 12.7. The van der Waals surface area contributed by atoms with E-state index in [1.807, 2.05) is 0 Å². The van der Waals surface area contributed by atoms with Gasteiger partial charge < -0.3 is 9.47 Å². The molecule has 1 aliphatic rings. The van der Waals surface area contributed by atoms with Gasteiger partial charge in [-0.05, 0) is 39.0 Å². The zero-order chi connectivity index (χ0) is 21.8. The lowest BCUT2D eigenvalue weighted by Crippen LogP contribution is -2.73. The maximum absolute atomic E-state index is 14.0. The lowest BCUT2D eigenvalue weighted by Gasteiger charge is -2.47. The fraction of sp³-hybridized carbons (Fsp3) is 0.778. The monoisotopic (exact) mass is 418 g/mol. The van der Waals surface area contributed by atoms with E-state index >= 15 is 0 Å². The summed E-state index contributed by atoms with van der Waals surface area (Å²) >= 11 is 0. The summed E-state index contributed by atoms with van der Waals surface area (Å²) in [5.41, 5.74) is -8.41. The molecule has 0 aromatic heterocycles. The van der Waals surface area contributed by atoms with Crippen LogP contribution in [-0.2, 0) is 19.1 Å². The van der Waals surface area contributed by atoms with Crippen molar-refractivity contribution in [3.05, 3.63) is 12.2 Å². The lowest BCUT2D eigenvalue weighted by molar-refractivity contribution is -0.411. The van der Waals surface area contributed by atoms with E-state index in [1.54, 1.807) is 6.92 Å². The summed E-state index contributed by atoms with van der Waals surface area (Å²) in [5, 5.41) is 0. The van der Waals surface area contributed by atoms with Crippen LogP contribution in [0.1, 0.15) is 65.2 Å². The molecule has 0 saturated heterocycles. The van der Waals surface area contributed by atoms with Gasteiger partial charge in [0.1, 0.15) is 0 Å². The van der Waals surface area contributed by atoms with Crippen molar-refractivity contribution in [2.75, 3.05) is 0 Å².